The van der Waals surface area contributed by atoms with Gasteiger partial charge >= 0.3 is 0 Å². The molecule has 0 N–H and O–H groups in total. The van der Waals surface area contributed by atoms with E-state index in [4.69, 9.17) is 0 Å². The number of rotatable bonds is 3. The Hall–Kier alpha value is -8.36. The van der Waals surface area contributed by atoms with Crippen LogP contribution in [-0.4, -0.2) is 0 Å². The third kappa shape index (κ3) is 5.29. The van der Waals surface area contributed by atoms with Crippen LogP contribution in [0.1, 0.15) is 0 Å². The van der Waals surface area contributed by atoms with E-state index in [1.807, 2.05) is 11.3 Å². The average molecular weight is 863 g/mol. The van der Waals surface area contributed by atoms with Crippen molar-refractivity contribution in [2.75, 3.05) is 0 Å². The van der Waals surface area contributed by atoms with Crippen molar-refractivity contribution < 1.29 is 0 Å². The first kappa shape index (κ1) is 36.9. The fraction of sp³-hybridized carbons (Fsp3) is 0. The first-order valence-electron chi connectivity index (χ1n) is 23.2. The maximum absolute atomic E-state index is 2.48. The first-order valence-corrected chi connectivity index (χ1v) is 24.1. The standard InChI is InChI=1S/C66H38S/c1-2-16-43-39(15-1)29-30-40-35-41(31-33-44(40)43)63-49-21-7-11-25-53(49)65(54-26-12-8-22-50(54)63)66-55-27-13-9-23-51(55)64(52-24-10-14-28-56(52)66)42-32-34-61-59(36-42)60-37-57-47-19-5-3-17-45(47)46-18-4-6-20-48(46)58(57)38-62(60)67-61/h1-38H. The van der Waals surface area contributed by atoms with E-state index in [9.17, 15) is 0 Å². The van der Waals surface area contributed by atoms with Gasteiger partial charge in [0.25, 0.3) is 0 Å². The minimum Gasteiger partial charge on any atom is -0.135 e. The molecule has 0 nitrogen and oxygen atoms in total. The molecular formula is C66H38S. The van der Waals surface area contributed by atoms with Gasteiger partial charge in [-0.15, -0.1) is 11.3 Å². The zero-order valence-electron chi connectivity index (χ0n) is 36.3. The summed E-state index contributed by atoms with van der Waals surface area (Å²) in [5.74, 6) is 0. The predicted molar refractivity (Wildman–Crippen MR) is 293 cm³/mol. The lowest BCUT2D eigenvalue weighted by Crippen LogP contribution is -1.94. The fourth-order valence-electron chi connectivity index (χ4n) is 11.9. The van der Waals surface area contributed by atoms with Crippen molar-refractivity contribution in [3.05, 3.63) is 231 Å². The number of hydrogen-bond donors (Lipinski definition) is 0. The highest BCUT2D eigenvalue weighted by Gasteiger charge is 2.23. The lowest BCUT2D eigenvalue weighted by molar-refractivity contribution is 1.69. The van der Waals surface area contributed by atoms with Gasteiger partial charge in [-0.3, -0.25) is 0 Å². The highest BCUT2D eigenvalue weighted by molar-refractivity contribution is 7.25. The summed E-state index contributed by atoms with van der Waals surface area (Å²) in [6.45, 7) is 0. The van der Waals surface area contributed by atoms with Crippen LogP contribution in [0.25, 0.3) is 151 Å². The van der Waals surface area contributed by atoms with Gasteiger partial charge in [0.1, 0.15) is 0 Å². The van der Waals surface area contributed by atoms with E-state index < -0.39 is 0 Å². The third-order valence-electron chi connectivity index (χ3n) is 14.8. The summed E-state index contributed by atoms with van der Waals surface area (Å²) < 4.78 is 2.63. The van der Waals surface area contributed by atoms with E-state index in [1.54, 1.807) is 0 Å². The van der Waals surface area contributed by atoms with E-state index in [2.05, 4.69) is 231 Å². The van der Waals surface area contributed by atoms with Gasteiger partial charge in [0.2, 0.25) is 0 Å². The molecule has 15 aromatic rings. The Morgan fingerprint density at radius 1 is 0.179 bits per heavy atom. The number of hydrogen-bond acceptors (Lipinski definition) is 1. The summed E-state index contributed by atoms with van der Waals surface area (Å²) in [6.07, 6.45) is 0. The minimum absolute atomic E-state index is 1.23. The maximum Gasteiger partial charge on any atom is 0.0362 e. The number of thiophene rings is 1. The second-order valence-corrected chi connectivity index (χ2v) is 19.3. The van der Waals surface area contributed by atoms with Crippen molar-refractivity contribution in [2.24, 2.45) is 0 Å². The summed E-state index contributed by atoms with van der Waals surface area (Å²) in [6, 6.07) is 86.7. The Balaban J connectivity index is 0.989. The van der Waals surface area contributed by atoms with Crippen molar-refractivity contribution in [1.82, 2.24) is 0 Å². The van der Waals surface area contributed by atoms with Gasteiger partial charge in [-0.25, -0.2) is 0 Å². The Labute approximate surface area is 390 Å². The number of benzene rings is 14. The molecule has 0 fully saturated rings. The molecule has 0 saturated heterocycles. The molecule has 0 spiro atoms. The molecule has 0 radical (unpaired) electrons. The molecule has 14 aromatic carbocycles. The largest absolute Gasteiger partial charge is 0.135 e. The Morgan fingerprint density at radius 2 is 0.537 bits per heavy atom. The van der Waals surface area contributed by atoms with Crippen molar-refractivity contribution in [1.29, 1.82) is 0 Å². The van der Waals surface area contributed by atoms with Crippen LogP contribution in [0.15, 0.2) is 231 Å². The van der Waals surface area contributed by atoms with E-state index >= 15 is 0 Å². The summed E-state index contributed by atoms with van der Waals surface area (Å²) in [7, 11) is 0. The third-order valence-corrected chi connectivity index (χ3v) is 15.9. The first-order chi connectivity index (χ1) is 33.2. The second kappa shape index (κ2) is 14.1. The minimum atomic E-state index is 1.23. The van der Waals surface area contributed by atoms with Crippen LogP contribution in [0.2, 0.25) is 0 Å². The summed E-state index contributed by atoms with van der Waals surface area (Å²) in [5.41, 5.74) is 7.60. The SMILES string of the molecule is c1ccc2c(c1)ccc1cc(-c3c4ccccc4c(-c4c5ccccc5c(-c5ccc6sc7cc8c9ccccc9c9ccccc9c8cc7c6c5)c5ccccc45)c4ccccc34)ccc12. The molecule has 15 rings (SSSR count). The molecule has 67 heavy (non-hydrogen) atoms. The van der Waals surface area contributed by atoms with Gasteiger partial charge in [0, 0.05) is 20.2 Å². The monoisotopic (exact) mass is 862 g/mol. The van der Waals surface area contributed by atoms with Crippen molar-refractivity contribution in [2.45, 2.75) is 0 Å². The van der Waals surface area contributed by atoms with Gasteiger partial charge < -0.3 is 0 Å². The Bertz CT molecular complexity index is 4510. The van der Waals surface area contributed by atoms with Gasteiger partial charge in [0.05, 0.1) is 0 Å². The smallest absolute Gasteiger partial charge is 0.0362 e. The summed E-state index contributed by atoms with van der Waals surface area (Å²) in [5, 5.41) is 25.7. The van der Waals surface area contributed by atoms with Crippen molar-refractivity contribution >= 4 is 128 Å². The lowest BCUT2D eigenvalue weighted by Gasteiger charge is -2.22. The van der Waals surface area contributed by atoms with Gasteiger partial charge in [0.15, 0.2) is 0 Å². The molecule has 0 aliphatic rings. The molecule has 0 aliphatic carbocycles. The molecule has 0 saturated carbocycles. The molecule has 0 atom stereocenters. The second-order valence-electron chi connectivity index (χ2n) is 18.2. The highest BCUT2D eigenvalue weighted by atomic mass is 32.1. The molecule has 0 aliphatic heterocycles. The van der Waals surface area contributed by atoms with Crippen LogP contribution < -0.4 is 0 Å². The van der Waals surface area contributed by atoms with Crippen LogP contribution in [0.5, 0.6) is 0 Å². The summed E-state index contributed by atoms with van der Waals surface area (Å²) >= 11 is 1.90. The molecule has 0 unspecified atom stereocenters. The fourth-order valence-corrected chi connectivity index (χ4v) is 13.0. The van der Waals surface area contributed by atoms with Gasteiger partial charge in [-0.2, -0.15) is 0 Å². The van der Waals surface area contributed by atoms with E-state index in [0.29, 0.717) is 0 Å². The molecular weight excluding hydrogens is 825 g/mol. The van der Waals surface area contributed by atoms with Crippen LogP contribution in [0.3, 0.4) is 0 Å². The van der Waals surface area contributed by atoms with Crippen LogP contribution >= 0.6 is 11.3 Å². The highest BCUT2D eigenvalue weighted by Crippen LogP contribution is 2.51. The van der Waals surface area contributed by atoms with Crippen LogP contribution in [0, 0.1) is 0 Å². The zero-order chi connectivity index (χ0) is 43.7. The predicted octanol–water partition coefficient (Wildman–Crippen LogP) is 19.4. The Morgan fingerprint density at radius 3 is 1.06 bits per heavy atom. The molecule has 308 valence electrons. The van der Waals surface area contributed by atoms with Crippen molar-refractivity contribution in [3.63, 3.8) is 0 Å². The molecule has 0 amide bonds. The van der Waals surface area contributed by atoms with Gasteiger partial charge in [-0.05, 0) is 161 Å². The van der Waals surface area contributed by atoms with Crippen LogP contribution in [0.4, 0.5) is 0 Å². The normalized spacial score (nSPS) is 12.2. The van der Waals surface area contributed by atoms with Crippen molar-refractivity contribution in [3.8, 4) is 33.4 Å². The van der Waals surface area contributed by atoms with Crippen LogP contribution in [-0.2, 0) is 0 Å². The van der Waals surface area contributed by atoms with E-state index in [1.165, 1.54) is 151 Å². The number of fused-ring (bicyclic) bond motifs is 16. The van der Waals surface area contributed by atoms with E-state index in [-0.39, 0.29) is 0 Å². The lowest BCUT2D eigenvalue weighted by atomic mass is 9.81. The topological polar surface area (TPSA) is 0 Å². The average Bonchev–Trinajstić information content (AvgIpc) is 3.76. The molecule has 1 heterocycles. The zero-order valence-corrected chi connectivity index (χ0v) is 37.2. The van der Waals surface area contributed by atoms with E-state index in [0.717, 1.165) is 0 Å². The molecule has 1 heteroatoms. The molecule has 0 bridgehead atoms. The van der Waals surface area contributed by atoms with Gasteiger partial charge in [-0.1, -0.05) is 200 Å². The maximum atomic E-state index is 2.48. The molecule has 1 aromatic heterocycles. The Kier molecular flexibility index (Phi) is 7.75. The quantitative estimate of drug-likeness (QED) is 0.123. The summed E-state index contributed by atoms with van der Waals surface area (Å²) in [4.78, 5) is 0.